The van der Waals surface area contributed by atoms with Crippen molar-refractivity contribution in [3.63, 3.8) is 0 Å². The first kappa shape index (κ1) is 22.6. The Kier molecular flexibility index (Phi) is 6.76. The van der Waals surface area contributed by atoms with E-state index >= 15 is 0 Å². The summed E-state index contributed by atoms with van der Waals surface area (Å²) in [4.78, 5) is 46.1. The molecule has 0 unspecified atom stereocenters. The van der Waals surface area contributed by atoms with Crippen molar-refractivity contribution >= 4 is 34.5 Å². The van der Waals surface area contributed by atoms with Gasteiger partial charge in [0.2, 0.25) is 11.8 Å². The summed E-state index contributed by atoms with van der Waals surface area (Å²) in [6.45, 7) is 7.71. The summed E-state index contributed by atoms with van der Waals surface area (Å²) in [6.07, 6.45) is 0.249. The van der Waals surface area contributed by atoms with E-state index in [-0.39, 0.29) is 30.3 Å². The molecule has 2 amide bonds. The Bertz CT molecular complexity index is 1190. The molecule has 0 spiro atoms. The van der Waals surface area contributed by atoms with Crippen LogP contribution in [0.4, 0.5) is 11.5 Å². The van der Waals surface area contributed by atoms with Crippen LogP contribution < -0.4 is 15.9 Å². The SMILES string of the molecule is CCn1c(=O)n(CC)c2nc(NC(=O)CCC(=O)N3CCN(c4ccccc4)CC3)ccc21. The topological polar surface area (TPSA) is 92.5 Å². The Morgan fingerprint density at radius 2 is 1.61 bits per heavy atom. The Labute approximate surface area is 192 Å². The van der Waals surface area contributed by atoms with Gasteiger partial charge in [0, 0.05) is 57.8 Å². The molecule has 3 heterocycles. The van der Waals surface area contributed by atoms with Crippen LogP contribution in [0.15, 0.2) is 47.3 Å². The monoisotopic (exact) mass is 450 g/mol. The third-order valence-corrected chi connectivity index (χ3v) is 6.08. The number of hydrogen-bond acceptors (Lipinski definition) is 5. The maximum atomic E-state index is 12.6. The second kappa shape index (κ2) is 9.89. The molecule has 0 bridgehead atoms. The van der Waals surface area contributed by atoms with Crippen molar-refractivity contribution in [1.82, 2.24) is 19.0 Å². The largest absolute Gasteiger partial charge is 0.368 e. The molecule has 1 aromatic carbocycles. The molecule has 0 atom stereocenters. The number of anilines is 2. The van der Waals surface area contributed by atoms with Crippen molar-refractivity contribution in [1.29, 1.82) is 0 Å². The number of pyridine rings is 1. The number of imidazole rings is 1. The number of carbonyl (C=O) groups is 2. The number of nitrogens with zero attached hydrogens (tertiary/aromatic N) is 5. The summed E-state index contributed by atoms with van der Waals surface area (Å²) in [5, 5.41) is 2.77. The maximum absolute atomic E-state index is 12.6. The highest BCUT2D eigenvalue weighted by Gasteiger charge is 2.22. The van der Waals surface area contributed by atoms with Gasteiger partial charge in [-0.05, 0) is 38.1 Å². The lowest BCUT2D eigenvalue weighted by atomic mass is 10.2. The molecule has 33 heavy (non-hydrogen) atoms. The minimum absolute atomic E-state index is 0.0129. The lowest BCUT2D eigenvalue weighted by Crippen LogP contribution is -2.48. The molecule has 1 N–H and O–H groups in total. The first-order chi connectivity index (χ1) is 16.0. The average Bonchev–Trinajstić information content (AvgIpc) is 3.12. The van der Waals surface area contributed by atoms with Gasteiger partial charge in [0.1, 0.15) is 5.82 Å². The van der Waals surface area contributed by atoms with Gasteiger partial charge in [0.05, 0.1) is 5.52 Å². The number of benzene rings is 1. The van der Waals surface area contributed by atoms with Crippen molar-refractivity contribution in [2.75, 3.05) is 36.4 Å². The smallest absolute Gasteiger partial charge is 0.330 e. The van der Waals surface area contributed by atoms with E-state index in [4.69, 9.17) is 0 Å². The van der Waals surface area contributed by atoms with Crippen LogP contribution in [0.5, 0.6) is 0 Å². The van der Waals surface area contributed by atoms with E-state index in [1.54, 1.807) is 21.3 Å². The number of piperazine rings is 1. The van der Waals surface area contributed by atoms with Gasteiger partial charge in [-0.3, -0.25) is 18.7 Å². The van der Waals surface area contributed by atoms with E-state index in [2.05, 4.69) is 27.3 Å². The highest BCUT2D eigenvalue weighted by molar-refractivity contribution is 5.93. The molecule has 4 rings (SSSR count). The minimum atomic E-state index is -0.265. The van der Waals surface area contributed by atoms with Gasteiger partial charge in [0.25, 0.3) is 0 Å². The van der Waals surface area contributed by atoms with Crippen LogP contribution in [0.1, 0.15) is 26.7 Å². The van der Waals surface area contributed by atoms with Gasteiger partial charge in [0.15, 0.2) is 5.65 Å². The lowest BCUT2D eigenvalue weighted by molar-refractivity contribution is -0.133. The predicted molar refractivity (Wildman–Crippen MR) is 128 cm³/mol. The summed E-state index contributed by atoms with van der Waals surface area (Å²) in [6, 6.07) is 13.7. The van der Waals surface area contributed by atoms with Gasteiger partial charge >= 0.3 is 5.69 Å². The van der Waals surface area contributed by atoms with Crippen LogP contribution in [0.3, 0.4) is 0 Å². The van der Waals surface area contributed by atoms with E-state index in [1.807, 2.05) is 36.9 Å². The van der Waals surface area contributed by atoms with Crippen LogP contribution in [0.25, 0.3) is 11.2 Å². The molecule has 0 saturated carbocycles. The standard InChI is InChI=1S/C24H30N6O3/c1-3-29-19-10-11-20(26-23(19)30(4-2)24(29)33)25-21(31)12-13-22(32)28-16-14-27(15-17-28)18-8-6-5-7-9-18/h5-11H,3-4,12-17H2,1-2H3,(H,25,26,31). The summed E-state index contributed by atoms with van der Waals surface area (Å²) < 4.78 is 3.25. The van der Waals surface area contributed by atoms with Gasteiger partial charge in [-0.1, -0.05) is 18.2 Å². The summed E-state index contributed by atoms with van der Waals surface area (Å²) in [5.41, 5.74) is 2.35. The number of nitrogens with one attached hydrogen (secondary N) is 1. The number of fused-ring (bicyclic) bond motifs is 1. The fourth-order valence-corrected chi connectivity index (χ4v) is 4.29. The van der Waals surface area contributed by atoms with Crippen LogP contribution in [0, 0.1) is 0 Å². The van der Waals surface area contributed by atoms with E-state index in [0.29, 0.717) is 37.6 Å². The molecule has 1 saturated heterocycles. The third kappa shape index (κ3) is 4.76. The van der Waals surface area contributed by atoms with Crippen molar-refractivity contribution in [3.8, 4) is 0 Å². The molecule has 9 heteroatoms. The number of carbonyl (C=O) groups excluding carboxylic acids is 2. The molecule has 0 radical (unpaired) electrons. The van der Waals surface area contributed by atoms with Crippen molar-refractivity contribution in [2.45, 2.75) is 39.8 Å². The fourth-order valence-electron chi connectivity index (χ4n) is 4.29. The quantitative estimate of drug-likeness (QED) is 0.596. The van der Waals surface area contributed by atoms with Crippen molar-refractivity contribution < 1.29 is 9.59 Å². The molecule has 1 fully saturated rings. The highest BCUT2D eigenvalue weighted by atomic mass is 16.2. The molecule has 1 aliphatic rings. The van der Waals surface area contributed by atoms with Crippen LogP contribution in [-0.4, -0.2) is 57.0 Å². The number of aromatic nitrogens is 3. The third-order valence-electron chi connectivity index (χ3n) is 6.08. The number of aryl methyl sites for hydroxylation is 2. The molecular formula is C24H30N6O3. The Morgan fingerprint density at radius 3 is 2.27 bits per heavy atom. The predicted octanol–water partition coefficient (Wildman–Crippen LogP) is 2.31. The minimum Gasteiger partial charge on any atom is -0.368 e. The zero-order chi connectivity index (χ0) is 23.4. The average molecular weight is 451 g/mol. The summed E-state index contributed by atoms with van der Waals surface area (Å²) in [7, 11) is 0. The van der Waals surface area contributed by atoms with Crippen molar-refractivity contribution in [2.24, 2.45) is 0 Å². The number of hydrogen-bond donors (Lipinski definition) is 1. The Morgan fingerprint density at radius 1 is 0.909 bits per heavy atom. The number of para-hydroxylation sites is 1. The molecule has 2 aromatic heterocycles. The second-order valence-electron chi connectivity index (χ2n) is 8.06. The van der Waals surface area contributed by atoms with Crippen LogP contribution >= 0.6 is 0 Å². The number of amides is 2. The maximum Gasteiger partial charge on any atom is 0.330 e. The highest BCUT2D eigenvalue weighted by Crippen LogP contribution is 2.17. The zero-order valence-corrected chi connectivity index (χ0v) is 19.2. The van der Waals surface area contributed by atoms with Gasteiger partial charge < -0.3 is 15.1 Å². The Hall–Kier alpha value is -3.62. The van der Waals surface area contributed by atoms with Gasteiger partial charge in [-0.2, -0.15) is 0 Å². The molecular weight excluding hydrogens is 420 g/mol. The van der Waals surface area contributed by atoms with Gasteiger partial charge in [-0.15, -0.1) is 0 Å². The Balaban J connectivity index is 1.31. The first-order valence-corrected chi connectivity index (χ1v) is 11.5. The lowest BCUT2D eigenvalue weighted by Gasteiger charge is -2.36. The second-order valence-corrected chi connectivity index (χ2v) is 8.06. The molecule has 1 aliphatic heterocycles. The van der Waals surface area contributed by atoms with Gasteiger partial charge in [-0.25, -0.2) is 9.78 Å². The summed E-state index contributed by atoms with van der Waals surface area (Å²) >= 11 is 0. The van der Waals surface area contributed by atoms with E-state index in [0.717, 1.165) is 24.3 Å². The van der Waals surface area contributed by atoms with Crippen LogP contribution in [0.2, 0.25) is 0 Å². The van der Waals surface area contributed by atoms with E-state index in [1.165, 1.54) is 0 Å². The fraction of sp³-hybridized carbons (Fsp3) is 0.417. The number of rotatable bonds is 7. The first-order valence-electron chi connectivity index (χ1n) is 11.5. The molecule has 174 valence electrons. The molecule has 9 nitrogen and oxygen atoms in total. The van der Waals surface area contributed by atoms with Crippen molar-refractivity contribution in [3.05, 3.63) is 52.9 Å². The normalized spacial score (nSPS) is 14.0. The molecule has 3 aromatic rings. The van der Waals surface area contributed by atoms with E-state index in [9.17, 15) is 14.4 Å². The van der Waals surface area contributed by atoms with Crippen LogP contribution in [-0.2, 0) is 22.7 Å². The zero-order valence-electron chi connectivity index (χ0n) is 19.2. The summed E-state index contributed by atoms with van der Waals surface area (Å²) in [5.74, 6) is 0.103. The van der Waals surface area contributed by atoms with E-state index < -0.39 is 0 Å². The molecule has 0 aliphatic carbocycles.